The second-order valence-corrected chi connectivity index (χ2v) is 3.02. The summed E-state index contributed by atoms with van der Waals surface area (Å²) in [5.41, 5.74) is 6.38. The van der Waals surface area contributed by atoms with Crippen LogP contribution in [-0.4, -0.2) is 11.6 Å². The second-order valence-electron chi connectivity index (χ2n) is 2.07. The molecule has 0 aromatic carbocycles. The quantitative estimate of drug-likeness (QED) is 0.740. The molecule has 0 bridgehead atoms. The lowest BCUT2D eigenvalue weighted by Crippen LogP contribution is -1.97. The Morgan fingerprint density at radius 1 is 1.73 bits per heavy atom. The summed E-state index contributed by atoms with van der Waals surface area (Å²) in [4.78, 5) is 4.23. The number of thiazole rings is 1. The highest BCUT2D eigenvalue weighted by Crippen LogP contribution is 2.09. The maximum Gasteiger partial charge on any atom is 0.107 e. The molecule has 1 heterocycles. The summed E-state index contributed by atoms with van der Waals surface area (Å²) in [6.07, 6.45) is 0. The van der Waals surface area contributed by atoms with Gasteiger partial charge in [0.2, 0.25) is 0 Å². The predicted octanol–water partition coefficient (Wildman–Crippen LogP) is 1.14. The molecule has 0 fully saturated rings. The first-order valence-electron chi connectivity index (χ1n) is 3.58. The van der Waals surface area contributed by atoms with Crippen molar-refractivity contribution in [3.8, 4) is 0 Å². The van der Waals surface area contributed by atoms with Crippen LogP contribution < -0.4 is 5.73 Å². The van der Waals surface area contributed by atoms with Gasteiger partial charge < -0.3 is 10.5 Å². The van der Waals surface area contributed by atoms with Crippen LogP contribution in [0.5, 0.6) is 0 Å². The third-order valence-electron chi connectivity index (χ3n) is 1.23. The van der Waals surface area contributed by atoms with Crippen molar-refractivity contribution >= 4 is 11.3 Å². The van der Waals surface area contributed by atoms with Gasteiger partial charge in [-0.25, -0.2) is 4.98 Å². The fraction of sp³-hybridized carbons (Fsp3) is 0.571. The number of nitrogens with zero attached hydrogens (tertiary/aromatic N) is 1. The molecule has 0 saturated heterocycles. The number of ether oxygens (including phenoxy) is 1. The van der Waals surface area contributed by atoms with E-state index in [2.05, 4.69) is 4.98 Å². The molecule has 0 aliphatic heterocycles. The van der Waals surface area contributed by atoms with E-state index in [9.17, 15) is 0 Å². The first-order chi connectivity index (χ1) is 5.36. The Balaban J connectivity index is 2.44. The minimum atomic E-state index is 0.525. The van der Waals surface area contributed by atoms with Gasteiger partial charge in [-0.1, -0.05) is 0 Å². The van der Waals surface area contributed by atoms with Crippen LogP contribution in [0.3, 0.4) is 0 Å². The third kappa shape index (κ3) is 2.57. The highest BCUT2D eigenvalue weighted by atomic mass is 32.1. The summed E-state index contributed by atoms with van der Waals surface area (Å²) in [6, 6.07) is 0. The fourth-order valence-corrected chi connectivity index (χ4v) is 1.37. The Morgan fingerprint density at radius 3 is 3.09 bits per heavy atom. The molecular weight excluding hydrogens is 160 g/mol. The maximum atomic E-state index is 5.40. The van der Waals surface area contributed by atoms with Gasteiger partial charge in [-0.3, -0.25) is 0 Å². The summed E-state index contributed by atoms with van der Waals surface area (Å²) in [5.74, 6) is 0. The second kappa shape index (κ2) is 4.43. The van der Waals surface area contributed by atoms with Crippen LogP contribution in [0.4, 0.5) is 0 Å². The summed E-state index contributed by atoms with van der Waals surface area (Å²) in [7, 11) is 0. The van der Waals surface area contributed by atoms with Gasteiger partial charge in [0.15, 0.2) is 0 Å². The Morgan fingerprint density at radius 2 is 2.55 bits per heavy atom. The molecule has 2 N–H and O–H groups in total. The lowest BCUT2D eigenvalue weighted by Gasteiger charge is -1.94. The van der Waals surface area contributed by atoms with E-state index in [1.807, 2.05) is 12.3 Å². The Labute approximate surface area is 70.2 Å². The molecule has 0 amide bonds. The van der Waals surface area contributed by atoms with E-state index in [0.717, 1.165) is 17.3 Å². The molecule has 0 spiro atoms. The Bertz CT molecular complexity index is 212. The minimum Gasteiger partial charge on any atom is -0.375 e. The minimum absolute atomic E-state index is 0.525. The first kappa shape index (κ1) is 8.64. The van der Waals surface area contributed by atoms with Crippen LogP contribution in [0.25, 0.3) is 0 Å². The topological polar surface area (TPSA) is 48.1 Å². The van der Waals surface area contributed by atoms with Crippen molar-refractivity contribution in [3.63, 3.8) is 0 Å². The number of nitrogens with two attached hydrogens (primary N) is 1. The molecule has 0 aliphatic carbocycles. The zero-order chi connectivity index (χ0) is 8.10. The van der Waals surface area contributed by atoms with Gasteiger partial charge in [0.25, 0.3) is 0 Å². The van der Waals surface area contributed by atoms with Gasteiger partial charge in [-0.2, -0.15) is 0 Å². The van der Waals surface area contributed by atoms with E-state index < -0.39 is 0 Å². The van der Waals surface area contributed by atoms with Crippen molar-refractivity contribution in [1.29, 1.82) is 0 Å². The summed E-state index contributed by atoms with van der Waals surface area (Å²) >= 11 is 1.58. The Kier molecular flexibility index (Phi) is 3.48. The van der Waals surface area contributed by atoms with Gasteiger partial charge in [0.05, 0.1) is 12.3 Å². The van der Waals surface area contributed by atoms with Crippen LogP contribution in [0.1, 0.15) is 17.6 Å². The molecule has 0 saturated carbocycles. The number of aromatic nitrogens is 1. The zero-order valence-corrected chi connectivity index (χ0v) is 7.36. The fourth-order valence-electron chi connectivity index (χ4n) is 0.716. The maximum absolute atomic E-state index is 5.40. The highest BCUT2D eigenvalue weighted by Gasteiger charge is 1.98. The predicted molar refractivity (Wildman–Crippen MR) is 45.3 cm³/mol. The van der Waals surface area contributed by atoms with Crippen molar-refractivity contribution in [3.05, 3.63) is 16.1 Å². The van der Waals surface area contributed by atoms with E-state index in [-0.39, 0.29) is 0 Å². The zero-order valence-electron chi connectivity index (χ0n) is 6.54. The van der Waals surface area contributed by atoms with Crippen LogP contribution in [0, 0.1) is 0 Å². The third-order valence-corrected chi connectivity index (χ3v) is 2.15. The molecule has 1 rings (SSSR count). The van der Waals surface area contributed by atoms with E-state index in [1.165, 1.54) is 0 Å². The summed E-state index contributed by atoms with van der Waals surface area (Å²) in [6.45, 7) is 3.83. The molecule has 11 heavy (non-hydrogen) atoms. The van der Waals surface area contributed by atoms with Crippen molar-refractivity contribution in [2.45, 2.75) is 20.1 Å². The number of hydrogen-bond acceptors (Lipinski definition) is 4. The average Bonchev–Trinajstić information content (AvgIpc) is 2.48. The SMILES string of the molecule is CCOCc1csc(CN)n1. The first-order valence-corrected chi connectivity index (χ1v) is 4.46. The lowest BCUT2D eigenvalue weighted by molar-refractivity contribution is 0.131. The van der Waals surface area contributed by atoms with Gasteiger partial charge >= 0.3 is 0 Å². The number of rotatable bonds is 4. The van der Waals surface area contributed by atoms with Crippen LogP contribution >= 0.6 is 11.3 Å². The smallest absolute Gasteiger partial charge is 0.107 e. The van der Waals surface area contributed by atoms with Crippen molar-refractivity contribution in [2.24, 2.45) is 5.73 Å². The molecule has 3 nitrogen and oxygen atoms in total. The average molecular weight is 172 g/mol. The van der Waals surface area contributed by atoms with Crippen molar-refractivity contribution in [2.75, 3.05) is 6.61 Å². The summed E-state index contributed by atoms with van der Waals surface area (Å²) < 4.78 is 5.18. The standard InChI is InChI=1S/C7H12N2OS/c1-2-10-4-6-5-11-7(3-8)9-6/h5H,2-4,8H2,1H3. The van der Waals surface area contributed by atoms with Crippen LogP contribution in [0.2, 0.25) is 0 Å². The molecule has 1 aromatic heterocycles. The number of hydrogen-bond donors (Lipinski definition) is 1. The molecule has 62 valence electrons. The molecule has 0 aliphatic rings. The normalized spacial score (nSPS) is 10.4. The largest absolute Gasteiger partial charge is 0.375 e. The van der Waals surface area contributed by atoms with Crippen LogP contribution in [-0.2, 0) is 17.9 Å². The van der Waals surface area contributed by atoms with Crippen molar-refractivity contribution in [1.82, 2.24) is 4.98 Å². The Hall–Kier alpha value is -0.450. The molecule has 4 heteroatoms. The molecular formula is C7H12N2OS. The van der Waals surface area contributed by atoms with E-state index >= 15 is 0 Å². The highest BCUT2D eigenvalue weighted by molar-refractivity contribution is 7.09. The van der Waals surface area contributed by atoms with Gasteiger partial charge in [0, 0.05) is 18.5 Å². The van der Waals surface area contributed by atoms with Crippen molar-refractivity contribution < 1.29 is 4.74 Å². The van der Waals surface area contributed by atoms with E-state index in [0.29, 0.717) is 13.2 Å². The van der Waals surface area contributed by atoms with E-state index in [4.69, 9.17) is 10.5 Å². The van der Waals surface area contributed by atoms with Gasteiger partial charge in [-0.15, -0.1) is 11.3 Å². The van der Waals surface area contributed by atoms with E-state index in [1.54, 1.807) is 11.3 Å². The molecule has 0 atom stereocenters. The van der Waals surface area contributed by atoms with Gasteiger partial charge in [0.1, 0.15) is 5.01 Å². The molecule has 0 radical (unpaired) electrons. The van der Waals surface area contributed by atoms with Gasteiger partial charge in [-0.05, 0) is 6.92 Å². The monoisotopic (exact) mass is 172 g/mol. The molecule has 0 unspecified atom stereocenters. The lowest BCUT2D eigenvalue weighted by atomic mass is 10.5. The summed E-state index contributed by atoms with van der Waals surface area (Å²) in [5, 5.41) is 2.96. The molecule has 1 aromatic rings. The van der Waals surface area contributed by atoms with Crippen LogP contribution in [0.15, 0.2) is 5.38 Å².